The molecule has 1 N–H and O–H groups in total. The summed E-state index contributed by atoms with van der Waals surface area (Å²) in [6.45, 7) is 4.69. The molecule has 5 rings (SSSR count). The minimum absolute atomic E-state index is 0.00133. The zero-order chi connectivity index (χ0) is 25.8. The lowest BCUT2D eigenvalue weighted by Gasteiger charge is -2.32. The first-order valence-corrected chi connectivity index (χ1v) is 12.5. The van der Waals surface area contributed by atoms with Crippen LogP contribution in [-0.2, 0) is 13.3 Å². The molecular formula is C28H28ClN5O3. The maximum Gasteiger partial charge on any atom is 0.295 e. The number of benzene rings is 3. The van der Waals surface area contributed by atoms with Crippen molar-refractivity contribution in [3.8, 4) is 11.6 Å². The van der Waals surface area contributed by atoms with Gasteiger partial charge in [0.25, 0.3) is 5.91 Å². The third-order valence-electron chi connectivity index (χ3n) is 6.49. The highest BCUT2D eigenvalue weighted by molar-refractivity contribution is 6.30. The number of likely N-dealkylation sites (N-methyl/N-ethyl adjacent to an activating group) is 1. The van der Waals surface area contributed by atoms with Gasteiger partial charge in [-0.05, 0) is 55.1 Å². The number of aromatic hydroxyl groups is 1. The summed E-state index contributed by atoms with van der Waals surface area (Å²) in [5.41, 5.74) is 2.47. The molecular weight excluding hydrogens is 490 g/mol. The Hall–Kier alpha value is -3.72. The summed E-state index contributed by atoms with van der Waals surface area (Å²) >= 11 is 6.02. The molecule has 9 heteroatoms. The number of halogens is 1. The number of carbonyl (C=O) groups is 1. The molecule has 1 aliphatic heterocycles. The van der Waals surface area contributed by atoms with Gasteiger partial charge in [-0.25, -0.2) is 0 Å². The smallest absolute Gasteiger partial charge is 0.295 e. The van der Waals surface area contributed by atoms with E-state index in [-0.39, 0.29) is 5.88 Å². The minimum Gasteiger partial charge on any atom is -0.493 e. The number of fused-ring (bicyclic) bond motifs is 1. The summed E-state index contributed by atoms with van der Waals surface area (Å²) in [7, 11) is 2.11. The van der Waals surface area contributed by atoms with Gasteiger partial charge < -0.3 is 14.7 Å². The van der Waals surface area contributed by atoms with Gasteiger partial charge in [-0.3, -0.25) is 14.3 Å². The molecule has 0 saturated carbocycles. The predicted molar refractivity (Wildman–Crippen MR) is 144 cm³/mol. The Morgan fingerprint density at radius 1 is 1.00 bits per heavy atom. The normalized spacial score (nSPS) is 15.0. The Kier molecular flexibility index (Phi) is 7.50. The van der Waals surface area contributed by atoms with E-state index in [4.69, 9.17) is 16.3 Å². The van der Waals surface area contributed by atoms with Gasteiger partial charge in [0.15, 0.2) is 5.69 Å². The summed E-state index contributed by atoms with van der Waals surface area (Å²) in [4.78, 5) is 17.3. The second-order valence-electron chi connectivity index (χ2n) is 9.13. The molecule has 1 aromatic heterocycles. The number of carbonyl (C=O) groups excluding carboxylic acids is 1. The molecule has 0 unspecified atom stereocenters. The number of aromatic nitrogens is 1. The lowest BCUT2D eigenvalue weighted by atomic mass is 10.2. The van der Waals surface area contributed by atoms with E-state index in [1.165, 1.54) is 0 Å². The molecule has 37 heavy (non-hydrogen) atoms. The van der Waals surface area contributed by atoms with Crippen LogP contribution in [0.25, 0.3) is 10.9 Å². The first-order valence-electron chi connectivity index (χ1n) is 12.1. The molecule has 8 nitrogen and oxygen atoms in total. The number of amides is 1. The van der Waals surface area contributed by atoms with Crippen LogP contribution in [0.2, 0.25) is 5.02 Å². The largest absolute Gasteiger partial charge is 0.493 e. The van der Waals surface area contributed by atoms with Gasteiger partial charge in [0.2, 0.25) is 5.88 Å². The average Bonchev–Trinajstić information content (AvgIpc) is 3.18. The fraction of sp³-hybridized carbons (Fsp3) is 0.250. The molecule has 0 spiro atoms. The predicted octanol–water partition coefficient (Wildman–Crippen LogP) is 5.71. The van der Waals surface area contributed by atoms with Crippen molar-refractivity contribution in [3.05, 3.63) is 88.9 Å². The molecule has 0 radical (unpaired) electrons. The standard InChI is InChI=1S/C28H28ClN5O3/c1-32-13-15-33(16-14-32)19-34-25-8-3-2-7-24(25)26(28(34)36)30-31-27(35)21-9-11-23(12-10-21)37-18-20-5-4-6-22(29)17-20/h2-12,17,36H,13-16,18-19H2,1H3. The van der Waals surface area contributed by atoms with Crippen molar-refractivity contribution in [3.63, 3.8) is 0 Å². The van der Waals surface area contributed by atoms with Gasteiger partial charge in [-0.15, -0.1) is 10.2 Å². The number of azo groups is 1. The van der Waals surface area contributed by atoms with E-state index in [1.54, 1.807) is 24.3 Å². The number of nitrogens with zero attached hydrogens (tertiary/aromatic N) is 5. The summed E-state index contributed by atoms with van der Waals surface area (Å²) < 4.78 is 7.60. The van der Waals surface area contributed by atoms with Crippen molar-refractivity contribution in [2.45, 2.75) is 13.3 Å². The third-order valence-corrected chi connectivity index (χ3v) is 6.73. The topological polar surface area (TPSA) is 82.7 Å². The van der Waals surface area contributed by atoms with Gasteiger partial charge in [0.1, 0.15) is 12.4 Å². The fourth-order valence-corrected chi connectivity index (χ4v) is 4.56. The van der Waals surface area contributed by atoms with Crippen molar-refractivity contribution >= 4 is 34.1 Å². The van der Waals surface area contributed by atoms with Gasteiger partial charge in [-0.1, -0.05) is 41.9 Å². The Labute approximate surface area is 220 Å². The molecule has 0 aliphatic carbocycles. The summed E-state index contributed by atoms with van der Waals surface area (Å²) in [5.74, 6) is 0.121. The highest BCUT2D eigenvalue weighted by Gasteiger charge is 2.21. The van der Waals surface area contributed by atoms with Crippen molar-refractivity contribution in [2.24, 2.45) is 10.2 Å². The maximum absolute atomic E-state index is 12.7. The quantitative estimate of drug-likeness (QED) is 0.317. The Morgan fingerprint density at radius 3 is 2.51 bits per heavy atom. The number of ether oxygens (including phenoxy) is 1. The van der Waals surface area contributed by atoms with Crippen LogP contribution in [-0.4, -0.2) is 58.6 Å². The molecule has 1 fully saturated rings. The van der Waals surface area contributed by atoms with E-state index >= 15 is 0 Å². The Morgan fingerprint density at radius 2 is 1.76 bits per heavy atom. The Bertz CT molecular complexity index is 1430. The van der Waals surface area contributed by atoms with Crippen LogP contribution in [0.4, 0.5) is 5.69 Å². The van der Waals surface area contributed by atoms with Crippen molar-refractivity contribution < 1.29 is 14.6 Å². The highest BCUT2D eigenvalue weighted by atomic mass is 35.5. The Balaban J connectivity index is 1.29. The first kappa shape index (κ1) is 25.0. The SMILES string of the molecule is CN1CCN(Cn2c(O)c(N=NC(=O)c3ccc(OCc4cccc(Cl)c4)cc3)c3ccccc32)CC1. The van der Waals surface area contributed by atoms with Crippen molar-refractivity contribution in [2.75, 3.05) is 33.2 Å². The van der Waals surface area contributed by atoms with Crippen molar-refractivity contribution in [1.29, 1.82) is 0 Å². The summed E-state index contributed by atoms with van der Waals surface area (Å²) in [5, 5.41) is 20.5. The van der Waals surface area contributed by atoms with E-state index in [9.17, 15) is 9.90 Å². The summed E-state index contributed by atoms with van der Waals surface area (Å²) in [6, 6.07) is 21.8. The zero-order valence-corrected chi connectivity index (χ0v) is 21.3. The van der Waals surface area contributed by atoms with Gasteiger partial charge in [0, 0.05) is 42.2 Å². The van der Waals surface area contributed by atoms with Crippen LogP contribution in [0, 0.1) is 0 Å². The molecule has 2 heterocycles. The van der Waals surface area contributed by atoms with E-state index in [2.05, 4.69) is 27.1 Å². The number of hydrogen-bond acceptors (Lipinski definition) is 6. The van der Waals surface area contributed by atoms with Gasteiger partial charge in [0.05, 0.1) is 12.2 Å². The zero-order valence-electron chi connectivity index (χ0n) is 20.5. The average molecular weight is 518 g/mol. The van der Waals surface area contributed by atoms with E-state index in [1.807, 2.05) is 53.1 Å². The summed E-state index contributed by atoms with van der Waals surface area (Å²) in [6.07, 6.45) is 0. The van der Waals surface area contributed by atoms with Crippen LogP contribution >= 0.6 is 11.6 Å². The molecule has 0 atom stereocenters. The highest BCUT2D eigenvalue weighted by Crippen LogP contribution is 2.39. The molecule has 190 valence electrons. The molecule has 1 amide bonds. The van der Waals surface area contributed by atoms with Crippen LogP contribution in [0.15, 0.2) is 83.0 Å². The van der Waals surface area contributed by atoms with E-state index in [0.29, 0.717) is 35.3 Å². The third kappa shape index (κ3) is 5.83. The molecule has 3 aromatic carbocycles. The minimum atomic E-state index is -0.503. The van der Waals surface area contributed by atoms with E-state index < -0.39 is 5.91 Å². The maximum atomic E-state index is 12.7. The van der Waals surface area contributed by atoms with Crippen LogP contribution in [0.5, 0.6) is 11.6 Å². The number of para-hydroxylation sites is 1. The number of rotatable bonds is 7. The second-order valence-corrected chi connectivity index (χ2v) is 9.56. The van der Waals surface area contributed by atoms with Crippen LogP contribution < -0.4 is 4.74 Å². The van der Waals surface area contributed by atoms with Gasteiger partial charge >= 0.3 is 0 Å². The van der Waals surface area contributed by atoms with Crippen molar-refractivity contribution in [1.82, 2.24) is 14.4 Å². The number of piperazine rings is 1. The monoisotopic (exact) mass is 517 g/mol. The van der Waals surface area contributed by atoms with Crippen LogP contribution in [0.3, 0.4) is 0 Å². The van der Waals surface area contributed by atoms with E-state index in [0.717, 1.165) is 42.6 Å². The molecule has 0 bridgehead atoms. The lowest BCUT2D eigenvalue weighted by molar-refractivity contribution is 0.0995. The number of hydrogen-bond donors (Lipinski definition) is 1. The fourth-order valence-electron chi connectivity index (χ4n) is 4.34. The lowest BCUT2D eigenvalue weighted by Crippen LogP contribution is -2.44. The second kappa shape index (κ2) is 11.1. The van der Waals surface area contributed by atoms with Crippen LogP contribution in [0.1, 0.15) is 15.9 Å². The molecule has 4 aromatic rings. The van der Waals surface area contributed by atoms with Gasteiger partial charge in [-0.2, -0.15) is 0 Å². The molecule has 1 aliphatic rings. The first-order chi connectivity index (χ1) is 18.0. The molecule has 1 saturated heterocycles.